The molecule has 2 aromatic rings. The van der Waals surface area contributed by atoms with Crippen LogP contribution in [0.2, 0.25) is 0 Å². The highest BCUT2D eigenvalue weighted by Crippen LogP contribution is 2.42. The molecular weight excluding hydrogens is 449 g/mol. The van der Waals surface area contributed by atoms with Crippen molar-refractivity contribution in [2.75, 3.05) is 13.2 Å². The number of ether oxygens (including phenoxy) is 2. The second-order valence-corrected chi connectivity index (χ2v) is 10.8. The van der Waals surface area contributed by atoms with Crippen LogP contribution < -0.4 is 9.47 Å². The van der Waals surface area contributed by atoms with Gasteiger partial charge in [-0.2, -0.15) is 4.39 Å². The van der Waals surface area contributed by atoms with E-state index in [1.165, 1.54) is 63.5 Å². The summed E-state index contributed by atoms with van der Waals surface area (Å²) in [5.74, 6) is -0.414. The molecule has 4 rings (SSSR count). The minimum Gasteiger partial charge on any atom is -0.490 e. The van der Waals surface area contributed by atoms with Crippen LogP contribution in [0.3, 0.4) is 0 Å². The molecule has 0 heterocycles. The Hall–Kier alpha value is -1.91. The fourth-order valence-corrected chi connectivity index (χ4v) is 6.27. The Morgan fingerprint density at radius 1 is 0.714 bits per heavy atom. The van der Waals surface area contributed by atoms with Gasteiger partial charge in [0.25, 0.3) is 0 Å². The Kier molecular flexibility index (Phi) is 9.24. The molecule has 0 unspecified atom stereocenters. The Morgan fingerprint density at radius 2 is 1.37 bits per heavy atom. The highest BCUT2D eigenvalue weighted by molar-refractivity contribution is 5.86. The Labute approximate surface area is 208 Å². The van der Waals surface area contributed by atoms with Crippen LogP contribution in [0.1, 0.15) is 90.9 Å². The molecule has 0 bridgehead atoms. The van der Waals surface area contributed by atoms with E-state index in [-0.39, 0.29) is 22.3 Å². The van der Waals surface area contributed by atoms with E-state index in [0.717, 1.165) is 43.4 Å². The van der Waals surface area contributed by atoms with Gasteiger partial charge in [0.1, 0.15) is 0 Å². The normalized spacial score (nSPS) is 25.1. The van der Waals surface area contributed by atoms with Gasteiger partial charge in [0.05, 0.1) is 18.6 Å². The first kappa shape index (κ1) is 26.2. The predicted octanol–water partition coefficient (Wildman–Crippen LogP) is 9.23. The van der Waals surface area contributed by atoms with Crippen molar-refractivity contribution >= 4 is 10.8 Å². The number of fused-ring (bicyclic) bond motifs is 1. The molecular formula is C30H41F3O2. The van der Waals surface area contributed by atoms with Gasteiger partial charge in [-0.1, -0.05) is 52.0 Å². The maximum Gasteiger partial charge on any atom is 0.201 e. The summed E-state index contributed by atoms with van der Waals surface area (Å²) < 4.78 is 55.6. The van der Waals surface area contributed by atoms with Gasteiger partial charge in [0, 0.05) is 0 Å². The van der Waals surface area contributed by atoms with Gasteiger partial charge >= 0.3 is 0 Å². The zero-order valence-corrected chi connectivity index (χ0v) is 21.4. The molecule has 2 nitrogen and oxygen atoms in total. The largest absolute Gasteiger partial charge is 0.490 e. The lowest BCUT2D eigenvalue weighted by Gasteiger charge is -2.37. The van der Waals surface area contributed by atoms with E-state index in [9.17, 15) is 13.2 Å². The van der Waals surface area contributed by atoms with Gasteiger partial charge in [0.2, 0.25) is 5.82 Å². The minimum absolute atomic E-state index is 0.0477. The number of rotatable bonds is 10. The zero-order valence-electron chi connectivity index (χ0n) is 21.4. The Balaban J connectivity index is 1.32. The maximum atomic E-state index is 14.8. The third kappa shape index (κ3) is 6.27. The molecule has 35 heavy (non-hydrogen) atoms. The molecule has 2 aliphatic rings. The Morgan fingerprint density at radius 3 is 2.00 bits per heavy atom. The molecule has 0 radical (unpaired) electrons. The monoisotopic (exact) mass is 490 g/mol. The summed E-state index contributed by atoms with van der Waals surface area (Å²) in [6.07, 6.45) is 14.4. The van der Waals surface area contributed by atoms with Crippen molar-refractivity contribution in [1.82, 2.24) is 0 Å². The van der Waals surface area contributed by atoms with E-state index in [0.29, 0.717) is 19.1 Å². The molecule has 0 N–H and O–H groups in total. The number of hydrogen-bond acceptors (Lipinski definition) is 2. The molecule has 2 aromatic carbocycles. The second-order valence-electron chi connectivity index (χ2n) is 10.8. The van der Waals surface area contributed by atoms with Crippen LogP contribution in [0, 0.1) is 41.1 Å². The van der Waals surface area contributed by atoms with Crippen LogP contribution in [-0.4, -0.2) is 13.2 Å². The SMILES string of the molecule is CCCCOc1ccc2cc(OCC3CCC(C4CCC(CCC)CC4)CC3)c(F)c(F)c2c1F. The molecule has 0 spiro atoms. The number of benzene rings is 2. The topological polar surface area (TPSA) is 18.5 Å². The average Bonchev–Trinajstić information content (AvgIpc) is 2.87. The van der Waals surface area contributed by atoms with Gasteiger partial charge in [0.15, 0.2) is 23.1 Å². The molecule has 2 saturated carbocycles. The van der Waals surface area contributed by atoms with Crippen LogP contribution in [0.4, 0.5) is 13.2 Å². The van der Waals surface area contributed by atoms with E-state index in [1.54, 1.807) is 6.07 Å². The number of halogens is 3. The smallest absolute Gasteiger partial charge is 0.201 e. The van der Waals surface area contributed by atoms with Gasteiger partial charge < -0.3 is 9.47 Å². The summed E-state index contributed by atoms with van der Waals surface area (Å²) in [5.41, 5.74) is 0. The summed E-state index contributed by atoms with van der Waals surface area (Å²) in [7, 11) is 0. The lowest BCUT2D eigenvalue weighted by Crippen LogP contribution is -2.27. The van der Waals surface area contributed by atoms with Crippen molar-refractivity contribution in [2.45, 2.75) is 90.9 Å². The molecule has 0 amide bonds. The summed E-state index contributed by atoms with van der Waals surface area (Å²) >= 11 is 0. The molecule has 5 heteroatoms. The molecule has 2 fully saturated rings. The van der Waals surface area contributed by atoms with Crippen molar-refractivity contribution in [3.8, 4) is 11.5 Å². The predicted molar refractivity (Wildman–Crippen MR) is 136 cm³/mol. The van der Waals surface area contributed by atoms with Gasteiger partial charge in [-0.05, 0) is 86.1 Å². The highest BCUT2D eigenvalue weighted by Gasteiger charge is 2.31. The lowest BCUT2D eigenvalue weighted by atomic mass is 9.69. The van der Waals surface area contributed by atoms with Crippen molar-refractivity contribution in [3.63, 3.8) is 0 Å². The standard InChI is InChI=1S/C30H41F3O2/c1-3-5-17-34-25-16-15-24-18-26(29(32)30(33)27(24)28(25)31)35-19-21-9-13-23(14-10-21)22-11-7-20(6-4-2)8-12-22/h15-16,18,20-23H,3-14,17,19H2,1-2H3. The van der Waals surface area contributed by atoms with E-state index < -0.39 is 17.5 Å². The third-order valence-electron chi connectivity index (χ3n) is 8.43. The first-order valence-electron chi connectivity index (χ1n) is 13.9. The van der Waals surface area contributed by atoms with Gasteiger partial charge in [-0.25, -0.2) is 8.78 Å². The minimum atomic E-state index is -1.21. The van der Waals surface area contributed by atoms with Gasteiger partial charge in [-0.3, -0.25) is 0 Å². The van der Waals surface area contributed by atoms with Crippen molar-refractivity contribution in [2.24, 2.45) is 23.7 Å². The van der Waals surface area contributed by atoms with Crippen molar-refractivity contribution in [1.29, 1.82) is 0 Å². The zero-order chi connectivity index (χ0) is 24.8. The fraction of sp³-hybridized carbons (Fsp3) is 0.667. The first-order valence-corrected chi connectivity index (χ1v) is 13.9. The van der Waals surface area contributed by atoms with Crippen LogP contribution in [0.25, 0.3) is 10.8 Å². The molecule has 2 aliphatic carbocycles. The van der Waals surface area contributed by atoms with Crippen molar-refractivity contribution < 1.29 is 22.6 Å². The summed E-state index contributed by atoms with van der Waals surface area (Å²) in [6, 6.07) is 4.45. The number of unbranched alkanes of at least 4 members (excludes halogenated alkanes) is 1. The van der Waals surface area contributed by atoms with E-state index in [4.69, 9.17) is 9.47 Å². The summed E-state index contributed by atoms with van der Waals surface area (Å²) in [4.78, 5) is 0. The van der Waals surface area contributed by atoms with Crippen LogP contribution >= 0.6 is 0 Å². The van der Waals surface area contributed by atoms with Crippen LogP contribution in [-0.2, 0) is 0 Å². The third-order valence-corrected chi connectivity index (χ3v) is 8.43. The summed E-state index contributed by atoms with van der Waals surface area (Å²) in [5, 5.41) is -0.0976. The Bertz CT molecular complexity index is 960. The molecule has 0 aromatic heterocycles. The van der Waals surface area contributed by atoms with Gasteiger partial charge in [-0.15, -0.1) is 0 Å². The average molecular weight is 491 g/mol. The molecule has 0 saturated heterocycles. The lowest BCUT2D eigenvalue weighted by molar-refractivity contribution is 0.120. The van der Waals surface area contributed by atoms with Crippen molar-refractivity contribution in [3.05, 3.63) is 35.7 Å². The molecule has 194 valence electrons. The first-order chi connectivity index (χ1) is 17.0. The summed E-state index contributed by atoms with van der Waals surface area (Å²) in [6.45, 7) is 5.00. The molecule has 0 aliphatic heterocycles. The van der Waals surface area contributed by atoms with E-state index in [1.807, 2.05) is 6.92 Å². The van der Waals surface area contributed by atoms with E-state index >= 15 is 0 Å². The maximum absolute atomic E-state index is 14.8. The second kappa shape index (κ2) is 12.4. The fourth-order valence-electron chi connectivity index (χ4n) is 6.27. The van der Waals surface area contributed by atoms with Crippen LogP contribution in [0.15, 0.2) is 18.2 Å². The molecule has 0 atom stereocenters. The number of hydrogen-bond donors (Lipinski definition) is 0. The van der Waals surface area contributed by atoms with Crippen LogP contribution in [0.5, 0.6) is 11.5 Å². The quantitative estimate of drug-likeness (QED) is 0.309. The highest BCUT2D eigenvalue weighted by atomic mass is 19.2. The van der Waals surface area contributed by atoms with E-state index in [2.05, 4.69) is 6.92 Å².